The van der Waals surface area contributed by atoms with Crippen molar-refractivity contribution in [2.24, 2.45) is 0 Å². The number of hydrogen-bond donors (Lipinski definition) is 0. The van der Waals surface area contributed by atoms with Crippen LogP contribution in [0.2, 0.25) is 0 Å². The van der Waals surface area contributed by atoms with Crippen molar-refractivity contribution in [1.29, 1.82) is 0 Å². The number of fused-ring (bicyclic) bond motifs is 2. The molecule has 2 aromatic rings. The minimum atomic E-state index is 0.623. The Morgan fingerprint density at radius 3 is 1.55 bits per heavy atom. The van der Waals surface area contributed by atoms with Gasteiger partial charge in [0, 0.05) is 9.79 Å². The van der Waals surface area contributed by atoms with Crippen LogP contribution < -0.4 is 0 Å². The second-order valence-electron chi connectivity index (χ2n) is 5.35. The van der Waals surface area contributed by atoms with Gasteiger partial charge in [0.15, 0.2) is 0 Å². The largest absolute Gasteiger partial charge is 0.111 e. The van der Waals surface area contributed by atoms with Crippen molar-refractivity contribution in [2.75, 3.05) is 0 Å². The van der Waals surface area contributed by atoms with Gasteiger partial charge in [-0.2, -0.15) is 0 Å². The van der Waals surface area contributed by atoms with Gasteiger partial charge in [-0.15, -0.1) is 23.5 Å². The van der Waals surface area contributed by atoms with Crippen LogP contribution in [0.4, 0.5) is 0 Å². The van der Waals surface area contributed by atoms with E-state index in [1.165, 1.54) is 46.6 Å². The number of thioether (sulfide) groups is 2. The fourth-order valence-electron chi connectivity index (χ4n) is 2.58. The fourth-order valence-corrected chi connectivity index (χ4v) is 6.23. The van der Waals surface area contributed by atoms with Crippen LogP contribution in [0, 0.1) is 0 Å². The lowest BCUT2D eigenvalue weighted by Crippen LogP contribution is -2.03. The molecule has 0 N–H and O–H groups in total. The van der Waals surface area contributed by atoms with Gasteiger partial charge in [0.1, 0.15) is 0 Å². The minimum absolute atomic E-state index is 0.623. The summed E-state index contributed by atoms with van der Waals surface area (Å²) in [6.07, 6.45) is 4.95. The molecule has 0 amide bonds. The van der Waals surface area contributed by atoms with E-state index in [2.05, 4.69) is 80.4 Å². The van der Waals surface area contributed by atoms with E-state index in [-0.39, 0.29) is 0 Å². The number of rotatable bonds is 0. The van der Waals surface area contributed by atoms with Crippen LogP contribution in [0.5, 0.6) is 0 Å². The molecular weight excluding hydrogens is 440 g/mol. The second kappa shape index (κ2) is 8.27. The summed E-state index contributed by atoms with van der Waals surface area (Å²) in [6, 6.07) is 17.3. The first-order valence-electron chi connectivity index (χ1n) is 7.49. The van der Waals surface area contributed by atoms with Gasteiger partial charge >= 0.3 is 0 Å². The second-order valence-corrected chi connectivity index (χ2v) is 11.3. The Kier molecular flexibility index (Phi) is 6.37. The average Bonchev–Trinajstić information content (AvgIpc) is 2.55. The van der Waals surface area contributed by atoms with Crippen LogP contribution in [-0.2, 0) is 12.8 Å². The van der Waals surface area contributed by atoms with Crippen molar-refractivity contribution in [2.45, 2.75) is 43.8 Å². The molecule has 2 aromatic carbocycles. The number of benzene rings is 2. The summed E-state index contributed by atoms with van der Waals surface area (Å²) in [4.78, 5) is 2.89. The van der Waals surface area contributed by atoms with E-state index in [4.69, 9.17) is 0 Å². The van der Waals surface area contributed by atoms with E-state index in [0.29, 0.717) is 8.32 Å². The molecule has 2 atom stereocenters. The van der Waals surface area contributed by atoms with E-state index in [1.807, 2.05) is 23.5 Å². The SMILES string of the molecule is BrC1CCc2ccccc2S1.BrC1CCc2ccccc2S1. The maximum absolute atomic E-state index is 3.62. The zero-order valence-corrected chi connectivity index (χ0v) is 17.0. The molecule has 4 heteroatoms. The van der Waals surface area contributed by atoms with E-state index in [9.17, 15) is 0 Å². The van der Waals surface area contributed by atoms with Gasteiger partial charge in [-0.05, 0) is 48.9 Å². The predicted molar refractivity (Wildman–Crippen MR) is 107 cm³/mol. The monoisotopic (exact) mass is 456 g/mol. The standard InChI is InChI=1S/2C9H9BrS/c2*10-9-6-5-7-3-1-2-4-8(7)11-9/h2*1-4,9H,5-6H2. The Bertz CT molecular complexity index is 574. The summed E-state index contributed by atoms with van der Waals surface area (Å²) in [7, 11) is 0. The van der Waals surface area contributed by atoms with Crippen molar-refractivity contribution < 1.29 is 0 Å². The van der Waals surface area contributed by atoms with Gasteiger partial charge in [-0.25, -0.2) is 0 Å². The molecule has 2 heterocycles. The molecule has 0 nitrogen and oxygen atoms in total. The smallest absolute Gasteiger partial charge is 0.0650 e. The molecule has 22 heavy (non-hydrogen) atoms. The molecule has 2 aliphatic rings. The van der Waals surface area contributed by atoms with Crippen molar-refractivity contribution >= 4 is 55.4 Å². The maximum Gasteiger partial charge on any atom is 0.0650 e. The molecule has 116 valence electrons. The summed E-state index contributed by atoms with van der Waals surface area (Å²) < 4.78 is 1.25. The lowest BCUT2D eigenvalue weighted by Gasteiger charge is -2.18. The van der Waals surface area contributed by atoms with Crippen molar-refractivity contribution in [1.82, 2.24) is 0 Å². The highest BCUT2D eigenvalue weighted by atomic mass is 79.9. The topological polar surface area (TPSA) is 0 Å². The zero-order chi connectivity index (χ0) is 15.4. The van der Waals surface area contributed by atoms with Crippen LogP contribution in [0.25, 0.3) is 0 Å². The lowest BCUT2D eigenvalue weighted by molar-refractivity contribution is 0.870. The number of halogens is 2. The Labute approximate surface area is 158 Å². The molecule has 0 aromatic heterocycles. The molecule has 0 spiro atoms. The zero-order valence-electron chi connectivity index (χ0n) is 12.2. The van der Waals surface area contributed by atoms with Crippen molar-refractivity contribution in [3.05, 3.63) is 59.7 Å². The summed E-state index contributed by atoms with van der Waals surface area (Å²) >= 11 is 11.1. The first-order chi connectivity index (χ1) is 10.7. The first kappa shape index (κ1) is 16.9. The lowest BCUT2D eigenvalue weighted by atomic mass is 10.1. The summed E-state index contributed by atoms with van der Waals surface area (Å²) in [5.41, 5.74) is 3.02. The number of alkyl halides is 2. The normalized spacial score (nSPS) is 22.8. The Morgan fingerprint density at radius 1 is 0.682 bits per heavy atom. The summed E-state index contributed by atoms with van der Waals surface area (Å²) in [6.45, 7) is 0. The van der Waals surface area contributed by atoms with Gasteiger partial charge < -0.3 is 0 Å². The van der Waals surface area contributed by atoms with Crippen LogP contribution in [-0.4, -0.2) is 8.32 Å². The molecular formula is C18H18Br2S2. The minimum Gasteiger partial charge on any atom is -0.111 e. The molecule has 4 rings (SSSR count). The highest BCUT2D eigenvalue weighted by Gasteiger charge is 2.16. The molecule has 2 aliphatic heterocycles. The molecule has 0 saturated carbocycles. The van der Waals surface area contributed by atoms with Gasteiger partial charge in [0.05, 0.1) is 8.32 Å². The van der Waals surface area contributed by atoms with Crippen LogP contribution in [0.15, 0.2) is 58.3 Å². The van der Waals surface area contributed by atoms with Gasteiger partial charge in [0.25, 0.3) is 0 Å². The molecule has 0 aliphatic carbocycles. The van der Waals surface area contributed by atoms with Crippen molar-refractivity contribution in [3.8, 4) is 0 Å². The van der Waals surface area contributed by atoms with Crippen LogP contribution >= 0.6 is 55.4 Å². The molecule has 0 bridgehead atoms. The molecule has 0 radical (unpaired) electrons. The van der Waals surface area contributed by atoms with Crippen molar-refractivity contribution in [3.63, 3.8) is 0 Å². The average molecular weight is 458 g/mol. The van der Waals surface area contributed by atoms with Gasteiger partial charge in [0.2, 0.25) is 0 Å². The Morgan fingerprint density at radius 2 is 1.09 bits per heavy atom. The third-order valence-corrected chi connectivity index (χ3v) is 8.06. The highest BCUT2D eigenvalue weighted by molar-refractivity contribution is 9.11. The third-order valence-electron chi connectivity index (χ3n) is 3.74. The van der Waals surface area contributed by atoms with Gasteiger partial charge in [-0.1, -0.05) is 68.3 Å². The summed E-state index contributed by atoms with van der Waals surface area (Å²) in [5, 5.41) is 0. The van der Waals surface area contributed by atoms with E-state index < -0.39 is 0 Å². The third kappa shape index (κ3) is 4.56. The Hall–Kier alpha value is 0.1000. The first-order valence-corrected chi connectivity index (χ1v) is 11.1. The quantitative estimate of drug-likeness (QED) is 0.395. The maximum atomic E-state index is 3.62. The predicted octanol–water partition coefficient (Wildman–Crippen LogP) is 6.89. The van der Waals surface area contributed by atoms with E-state index >= 15 is 0 Å². The summed E-state index contributed by atoms with van der Waals surface area (Å²) in [5.74, 6) is 0. The molecule has 2 unspecified atom stereocenters. The number of aryl methyl sites for hydroxylation is 2. The van der Waals surface area contributed by atoms with Crippen LogP contribution in [0.1, 0.15) is 24.0 Å². The Balaban J connectivity index is 0.000000131. The fraction of sp³-hybridized carbons (Fsp3) is 0.333. The highest BCUT2D eigenvalue weighted by Crippen LogP contribution is 2.38. The number of hydrogen-bond acceptors (Lipinski definition) is 2. The van der Waals surface area contributed by atoms with Gasteiger partial charge in [-0.3, -0.25) is 0 Å². The molecule has 0 saturated heterocycles. The molecule has 0 fully saturated rings. The van der Waals surface area contributed by atoms with E-state index in [0.717, 1.165) is 0 Å². The van der Waals surface area contributed by atoms with E-state index in [1.54, 1.807) is 0 Å². The van der Waals surface area contributed by atoms with Crippen LogP contribution in [0.3, 0.4) is 0 Å².